The molecule has 5 nitrogen and oxygen atoms in total. The van der Waals surface area contributed by atoms with E-state index < -0.39 is 0 Å². The fourth-order valence-corrected chi connectivity index (χ4v) is 2.62. The molecule has 0 aliphatic carbocycles. The van der Waals surface area contributed by atoms with E-state index in [1.165, 1.54) is 0 Å². The standard InChI is InChI=1S/C20H14N4O/c25-24-19(17-8-2-4-14-22-17)11-6-12-20(24)18-10-5-9-16(23-18)15-7-1-3-13-21-15/h1-14H. The minimum atomic E-state index is 0.473. The first kappa shape index (κ1) is 15.0. The van der Waals surface area contributed by atoms with Crippen molar-refractivity contribution in [2.24, 2.45) is 0 Å². The summed E-state index contributed by atoms with van der Waals surface area (Å²) in [4.78, 5) is 13.2. The van der Waals surface area contributed by atoms with Crippen LogP contribution in [0.3, 0.4) is 0 Å². The molecule has 0 aliphatic heterocycles. The van der Waals surface area contributed by atoms with Crippen molar-refractivity contribution < 1.29 is 4.73 Å². The average molecular weight is 326 g/mol. The van der Waals surface area contributed by atoms with E-state index in [2.05, 4.69) is 15.0 Å². The number of nitrogens with zero attached hydrogens (tertiary/aromatic N) is 4. The zero-order valence-corrected chi connectivity index (χ0v) is 13.3. The zero-order chi connectivity index (χ0) is 17.1. The van der Waals surface area contributed by atoms with Gasteiger partial charge in [-0.1, -0.05) is 18.2 Å². The summed E-state index contributed by atoms with van der Waals surface area (Å²) in [5, 5.41) is 12.8. The van der Waals surface area contributed by atoms with E-state index in [9.17, 15) is 5.21 Å². The van der Waals surface area contributed by atoms with Crippen molar-refractivity contribution in [2.45, 2.75) is 0 Å². The molecule has 0 radical (unpaired) electrons. The predicted molar refractivity (Wildman–Crippen MR) is 95.1 cm³/mol. The molecule has 0 spiro atoms. The van der Waals surface area contributed by atoms with Crippen LogP contribution in [0.2, 0.25) is 0 Å². The first-order valence-electron chi connectivity index (χ1n) is 7.86. The molecule has 25 heavy (non-hydrogen) atoms. The smallest absolute Gasteiger partial charge is 0.242 e. The van der Waals surface area contributed by atoms with E-state index in [1.807, 2.05) is 60.7 Å². The molecule has 4 heterocycles. The summed E-state index contributed by atoms with van der Waals surface area (Å²) in [6.45, 7) is 0. The van der Waals surface area contributed by atoms with Gasteiger partial charge in [-0.2, -0.15) is 4.73 Å². The Morgan fingerprint density at radius 2 is 1.12 bits per heavy atom. The van der Waals surface area contributed by atoms with Crippen LogP contribution in [-0.4, -0.2) is 15.0 Å². The Morgan fingerprint density at radius 1 is 0.560 bits per heavy atom. The van der Waals surface area contributed by atoms with Gasteiger partial charge in [0.15, 0.2) is 0 Å². The Bertz CT molecular complexity index is 1000. The van der Waals surface area contributed by atoms with E-state index in [0.29, 0.717) is 22.8 Å². The van der Waals surface area contributed by atoms with Gasteiger partial charge in [-0.15, -0.1) is 0 Å². The number of hydrogen-bond acceptors (Lipinski definition) is 4. The van der Waals surface area contributed by atoms with Crippen LogP contribution in [0.15, 0.2) is 85.2 Å². The maximum atomic E-state index is 12.8. The molecule has 0 aliphatic rings. The molecular weight excluding hydrogens is 312 g/mol. The summed E-state index contributed by atoms with van der Waals surface area (Å²) in [5.74, 6) is 0. The van der Waals surface area contributed by atoms with Gasteiger partial charge in [0, 0.05) is 24.5 Å². The van der Waals surface area contributed by atoms with Gasteiger partial charge in [0.05, 0.1) is 11.4 Å². The zero-order valence-electron chi connectivity index (χ0n) is 13.3. The van der Waals surface area contributed by atoms with Gasteiger partial charge in [-0.25, -0.2) is 9.97 Å². The van der Waals surface area contributed by atoms with E-state index in [-0.39, 0.29) is 0 Å². The van der Waals surface area contributed by atoms with Crippen molar-refractivity contribution in [3.63, 3.8) is 0 Å². The summed E-state index contributed by atoms with van der Waals surface area (Å²) in [7, 11) is 0. The fraction of sp³-hybridized carbons (Fsp3) is 0. The molecule has 4 aromatic heterocycles. The second-order valence-electron chi connectivity index (χ2n) is 5.43. The molecule has 5 heteroatoms. The fourth-order valence-electron chi connectivity index (χ4n) is 2.62. The van der Waals surface area contributed by atoms with Crippen molar-refractivity contribution in [3.05, 3.63) is 90.4 Å². The first-order chi connectivity index (χ1) is 12.3. The van der Waals surface area contributed by atoms with Gasteiger partial charge in [-0.05, 0) is 42.5 Å². The number of rotatable bonds is 3. The molecule has 4 rings (SSSR count). The molecule has 0 N–H and O–H groups in total. The second kappa shape index (κ2) is 6.49. The lowest BCUT2D eigenvalue weighted by atomic mass is 10.1. The number of aromatic nitrogens is 4. The molecule has 0 fully saturated rings. The van der Waals surface area contributed by atoms with Crippen molar-refractivity contribution in [3.8, 4) is 34.2 Å². The molecule has 0 saturated heterocycles. The largest absolute Gasteiger partial charge is 0.618 e. The Hall–Kier alpha value is -3.60. The summed E-state index contributed by atoms with van der Waals surface area (Å²) in [6.07, 6.45) is 3.39. The summed E-state index contributed by atoms with van der Waals surface area (Å²) < 4.78 is 0.868. The highest BCUT2D eigenvalue weighted by Gasteiger charge is 2.17. The lowest BCUT2D eigenvalue weighted by Gasteiger charge is -2.09. The Labute approximate surface area is 144 Å². The van der Waals surface area contributed by atoms with Crippen molar-refractivity contribution in [1.29, 1.82) is 0 Å². The first-order valence-corrected chi connectivity index (χ1v) is 7.86. The highest BCUT2D eigenvalue weighted by molar-refractivity contribution is 5.61. The minimum absolute atomic E-state index is 0.473. The van der Waals surface area contributed by atoms with E-state index in [4.69, 9.17) is 0 Å². The van der Waals surface area contributed by atoms with Gasteiger partial charge in [-0.3, -0.25) is 4.98 Å². The SMILES string of the molecule is [O-][n+]1c(-c2ccccn2)cccc1-c1cccc(-c2ccccn2)n1. The lowest BCUT2D eigenvalue weighted by Crippen LogP contribution is -2.32. The Kier molecular flexibility index (Phi) is 3.88. The normalized spacial score (nSPS) is 10.6. The van der Waals surface area contributed by atoms with Crippen LogP contribution >= 0.6 is 0 Å². The molecular formula is C20H14N4O. The van der Waals surface area contributed by atoms with Crippen LogP contribution in [-0.2, 0) is 0 Å². The maximum Gasteiger partial charge on any atom is 0.242 e. The molecule has 0 atom stereocenters. The Balaban J connectivity index is 1.81. The quantitative estimate of drug-likeness (QED) is 0.427. The summed E-state index contributed by atoms with van der Waals surface area (Å²) in [5.41, 5.74) is 3.67. The van der Waals surface area contributed by atoms with E-state index in [0.717, 1.165) is 16.1 Å². The van der Waals surface area contributed by atoms with Crippen molar-refractivity contribution in [2.75, 3.05) is 0 Å². The van der Waals surface area contributed by atoms with Crippen LogP contribution in [0.5, 0.6) is 0 Å². The predicted octanol–water partition coefficient (Wildman–Crippen LogP) is 3.51. The summed E-state index contributed by atoms with van der Waals surface area (Å²) >= 11 is 0. The van der Waals surface area contributed by atoms with Crippen LogP contribution < -0.4 is 4.73 Å². The van der Waals surface area contributed by atoms with Crippen LogP contribution in [0.1, 0.15) is 0 Å². The van der Waals surface area contributed by atoms with Crippen LogP contribution in [0.4, 0.5) is 0 Å². The molecule has 0 saturated carbocycles. The number of pyridine rings is 4. The maximum absolute atomic E-state index is 12.8. The second-order valence-corrected chi connectivity index (χ2v) is 5.43. The molecule has 4 aromatic rings. The van der Waals surface area contributed by atoms with Gasteiger partial charge in [0.2, 0.25) is 11.4 Å². The van der Waals surface area contributed by atoms with E-state index in [1.54, 1.807) is 24.5 Å². The van der Waals surface area contributed by atoms with E-state index >= 15 is 0 Å². The molecule has 0 bridgehead atoms. The van der Waals surface area contributed by atoms with Crippen molar-refractivity contribution in [1.82, 2.24) is 15.0 Å². The minimum Gasteiger partial charge on any atom is -0.618 e. The van der Waals surface area contributed by atoms with Gasteiger partial charge < -0.3 is 5.21 Å². The van der Waals surface area contributed by atoms with Gasteiger partial charge in [0.25, 0.3) is 0 Å². The highest BCUT2D eigenvalue weighted by Crippen LogP contribution is 2.21. The van der Waals surface area contributed by atoms with Gasteiger partial charge in [0.1, 0.15) is 11.4 Å². The summed E-state index contributed by atoms with van der Waals surface area (Å²) in [6, 6.07) is 22.1. The molecule has 120 valence electrons. The van der Waals surface area contributed by atoms with Crippen LogP contribution in [0.25, 0.3) is 34.2 Å². The van der Waals surface area contributed by atoms with Crippen LogP contribution in [0, 0.1) is 5.21 Å². The third kappa shape index (κ3) is 2.95. The molecule has 0 amide bonds. The molecule has 0 unspecified atom stereocenters. The third-order valence-corrected chi connectivity index (χ3v) is 3.81. The Morgan fingerprint density at radius 3 is 1.80 bits per heavy atom. The average Bonchev–Trinajstić information content (AvgIpc) is 2.70. The lowest BCUT2D eigenvalue weighted by molar-refractivity contribution is -0.582. The topological polar surface area (TPSA) is 65.6 Å². The highest BCUT2D eigenvalue weighted by atomic mass is 16.5. The number of hydrogen-bond donors (Lipinski definition) is 0. The third-order valence-electron chi connectivity index (χ3n) is 3.81. The van der Waals surface area contributed by atoms with Gasteiger partial charge >= 0.3 is 0 Å². The monoisotopic (exact) mass is 326 g/mol. The van der Waals surface area contributed by atoms with Crippen molar-refractivity contribution >= 4 is 0 Å². The molecule has 0 aromatic carbocycles.